The van der Waals surface area contributed by atoms with Crippen LogP contribution in [0.2, 0.25) is 0 Å². The minimum absolute atomic E-state index is 0.0878. The topological polar surface area (TPSA) is 77.2 Å². The van der Waals surface area contributed by atoms with Gasteiger partial charge in [-0.1, -0.05) is 42.1 Å². The number of halogens is 1. The fraction of sp³-hybridized carbons (Fsp3) is 0.0952. The zero-order chi connectivity index (χ0) is 20.1. The van der Waals surface area contributed by atoms with Crippen molar-refractivity contribution in [3.8, 4) is 5.75 Å². The number of anilines is 1. The van der Waals surface area contributed by atoms with Gasteiger partial charge in [-0.05, 0) is 47.2 Å². The summed E-state index contributed by atoms with van der Waals surface area (Å²) in [6, 6.07) is 19.4. The van der Waals surface area contributed by atoms with E-state index in [1.165, 1.54) is 24.3 Å². The zero-order valence-electron chi connectivity index (χ0n) is 15.2. The first kappa shape index (κ1) is 18.9. The monoisotopic (exact) mass is 409 g/mol. The van der Waals surface area contributed by atoms with E-state index in [4.69, 9.17) is 9.15 Å². The predicted octanol–water partition coefficient (Wildman–Crippen LogP) is 4.67. The summed E-state index contributed by atoms with van der Waals surface area (Å²) in [5, 5.41) is 13.0. The molecule has 1 N–H and O–H groups in total. The Morgan fingerprint density at radius 1 is 1.03 bits per heavy atom. The number of carbonyl (C=O) groups is 1. The molecule has 0 saturated carbocycles. The fourth-order valence-corrected chi connectivity index (χ4v) is 3.20. The molecule has 29 heavy (non-hydrogen) atoms. The van der Waals surface area contributed by atoms with Crippen LogP contribution < -0.4 is 10.1 Å². The molecule has 6 nitrogen and oxygen atoms in total. The summed E-state index contributed by atoms with van der Waals surface area (Å²) in [6.07, 6.45) is 0. The summed E-state index contributed by atoms with van der Waals surface area (Å²) in [7, 11) is 0. The molecule has 3 aromatic carbocycles. The Kier molecular flexibility index (Phi) is 5.71. The lowest BCUT2D eigenvalue weighted by Crippen LogP contribution is -2.13. The van der Waals surface area contributed by atoms with Gasteiger partial charge < -0.3 is 14.5 Å². The number of benzene rings is 3. The number of amides is 1. The van der Waals surface area contributed by atoms with Gasteiger partial charge in [0.25, 0.3) is 11.1 Å². The fourth-order valence-electron chi connectivity index (χ4n) is 2.61. The van der Waals surface area contributed by atoms with Gasteiger partial charge in [-0.3, -0.25) is 4.79 Å². The number of fused-ring (bicyclic) bond motifs is 1. The normalized spacial score (nSPS) is 10.8. The van der Waals surface area contributed by atoms with Crippen molar-refractivity contribution in [3.05, 3.63) is 78.4 Å². The van der Waals surface area contributed by atoms with E-state index in [0.717, 1.165) is 22.5 Å². The molecule has 0 fully saturated rings. The number of nitrogens with zero attached hydrogens (tertiary/aromatic N) is 2. The van der Waals surface area contributed by atoms with Gasteiger partial charge in [-0.25, -0.2) is 4.39 Å². The first-order valence-electron chi connectivity index (χ1n) is 8.78. The van der Waals surface area contributed by atoms with Crippen LogP contribution in [0.5, 0.6) is 5.75 Å². The van der Waals surface area contributed by atoms with Gasteiger partial charge in [-0.2, -0.15) is 0 Å². The number of ether oxygens (including phenoxy) is 1. The molecule has 0 aliphatic heterocycles. The first-order valence-corrected chi connectivity index (χ1v) is 9.76. The van der Waals surface area contributed by atoms with Gasteiger partial charge in [0.1, 0.15) is 11.6 Å². The molecule has 0 bridgehead atoms. The van der Waals surface area contributed by atoms with Crippen LogP contribution in [0.1, 0.15) is 5.89 Å². The lowest BCUT2D eigenvalue weighted by molar-refractivity contribution is -0.113. The van der Waals surface area contributed by atoms with Crippen LogP contribution in [-0.2, 0) is 11.4 Å². The summed E-state index contributed by atoms with van der Waals surface area (Å²) < 4.78 is 24.1. The number of aromatic nitrogens is 2. The smallest absolute Gasteiger partial charge is 0.277 e. The number of carbonyl (C=O) groups excluding carboxylic acids is 1. The van der Waals surface area contributed by atoms with E-state index < -0.39 is 0 Å². The van der Waals surface area contributed by atoms with Crippen molar-refractivity contribution in [2.45, 2.75) is 11.8 Å². The van der Waals surface area contributed by atoms with E-state index in [1.807, 2.05) is 42.5 Å². The van der Waals surface area contributed by atoms with Crippen LogP contribution >= 0.6 is 11.8 Å². The Balaban J connectivity index is 1.27. The zero-order valence-corrected chi connectivity index (χ0v) is 16.0. The van der Waals surface area contributed by atoms with Crippen LogP contribution in [0.25, 0.3) is 10.8 Å². The van der Waals surface area contributed by atoms with Gasteiger partial charge in [0, 0.05) is 5.69 Å². The number of hydrogen-bond donors (Lipinski definition) is 1. The Morgan fingerprint density at radius 3 is 2.66 bits per heavy atom. The van der Waals surface area contributed by atoms with E-state index in [0.29, 0.717) is 17.3 Å². The second-order valence-electron chi connectivity index (χ2n) is 6.10. The second-order valence-corrected chi connectivity index (χ2v) is 7.03. The molecule has 0 aliphatic rings. The summed E-state index contributed by atoms with van der Waals surface area (Å²) >= 11 is 1.11. The molecular formula is C21H16FN3O3S. The van der Waals surface area contributed by atoms with Gasteiger partial charge in [0.15, 0.2) is 6.61 Å². The molecule has 146 valence electrons. The lowest BCUT2D eigenvalue weighted by Gasteiger charge is -2.05. The molecule has 4 aromatic rings. The first-order chi connectivity index (χ1) is 14.2. The molecule has 0 spiro atoms. The molecule has 1 amide bonds. The molecule has 0 unspecified atom stereocenters. The molecule has 0 radical (unpaired) electrons. The van der Waals surface area contributed by atoms with Gasteiger partial charge >= 0.3 is 0 Å². The number of hydrogen-bond acceptors (Lipinski definition) is 6. The van der Waals surface area contributed by atoms with Gasteiger partial charge in [0.05, 0.1) is 5.75 Å². The van der Waals surface area contributed by atoms with E-state index in [-0.39, 0.29) is 29.3 Å². The van der Waals surface area contributed by atoms with Crippen molar-refractivity contribution < 1.29 is 18.3 Å². The molecule has 1 aromatic heterocycles. The Bertz CT molecular complexity index is 1130. The van der Waals surface area contributed by atoms with E-state index in [2.05, 4.69) is 15.5 Å². The third-order valence-corrected chi connectivity index (χ3v) is 4.80. The summed E-state index contributed by atoms with van der Waals surface area (Å²) in [5.74, 6) is 0.495. The lowest BCUT2D eigenvalue weighted by atomic mass is 10.1. The van der Waals surface area contributed by atoms with Crippen LogP contribution in [-0.4, -0.2) is 21.9 Å². The second kappa shape index (κ2) is 8.74. The van der Waals surface area contributed by atoms with Crippen LogP contribution in [0.15, 0.2) is 76.4 Å². The van der Waals surface area contributed by atoms with Gasteiger partial charge in [-0.15, -0.1) is 10.2 Å². The average Bonchev–Trinajstić information content (AvgIpc) is 3.20. The molecule has 0 saturated heterocycles. The molecule has 4 rings (SSSR count). The standard InChI is InChI=1S/C21H16FN3O3S/c22-16-6-8-17(9-7-16)23-19(26)13-29-21-25-24-20(28-21)12-27-18-10-5-14-3-1-2-4-15(14)11-18/h1-11H,12-13H2,(H,23,26). The maximum Gasteiger partial charge on any atom is 0.277 e. The van der Waals surface area contributed by atoms with Crippen molar-refractivity contribution in [1.29, 1.82) is 0 Å². The largest absolute Gasteiger partial charge is 0.484 e. The van der Waals surface area contributed by atoms with E-state index in [9.17, 15) is 9.18 Å². The van der Waals surface area contributed by atoms with Crippen molar-refractivity contribution in [2.75, 3.05) is 11.1 Å². The van der Waals surface area contributed by atoms with Crippen molar-refractivity contribution in [3.63, 3.8) is 0 Å². The van der Waals surface area contributed by atoms with Crippen LogP contribution in [0.4, 0.5) is 10.1 Å². The molecular weight excluding hydrogens is 393 g/mol. The minimum Gasteiger partial charge on any atom is -0.484 e. The molecule has 1 heterocycles. The Morgan fingerprint density at radius 2 is 1.83 bits per heavy atom. The van der Waals surface area contributed by atoms with Crippen molar-refractivity contribution >= 4 is 34.1 Å². The minimum atomic E-state index is -0.360. The van der Waals surface area contributed by atoms with Gasteiger partial charge in [0.2, 0.25) is 5.91 Å². The van der Waals surface area contributed by atoms with Crippen molar-refractivity contribution in [1.82, 2.24) is 10.2 Å². The quantitative estimate of drug-likeness (QED) is 0.447. The highest BCUT2D eigenvalue weighted by atomic mass is 32.2. The summed E-state index contributed by atoms with van der Waals surface area (Å²) in [6.45, 7) is 0.133. The average molecular weight is 409 g/mol. The maximum absolute atomic E-state index is 12.9. The number of rotatable bonds is 7. The Hall–Kier alpha value is -3.39. The third kappa shape index (κ3) is 5.11. The maximum atomic E-state index is 12.9. The number of thioether (sulfide) groups is 1. The van der Waals surface area contributed by atoms with Crippen LogP contribution in [0.3, 0.4) is 0 Å². The molecule has 0 atom stereocenters. The highest BCUT2D eigenvalue weighted by Crippen LogP contribution is 2.22. The summed E-state index contributed by atoms with van der Waals surface area (Å²) in [4.78, 5) is 12.0. The molecule has 8 heteroatoms. The Labute approximate surface area is 170 Å². The van der Waals surface area contributed by atoms with E-state index >= 15 is 0 Å². The predicted molar refractivity (Wildman–Crippen MR) is 108 cm³/mol. The van der Waals surface area contributed by atoms with E-state index in [1.54, 1.807) is 0 Å². The SMILES string of the molecule is O=C(CSc1nnc(COc2ccc3ccccc3c2)o1)Nc1ccc(F)cc1. The summed E-state index contributed by atoms with van der Waals surface area (Å²) in [5.41, 5.74) is 0.520. The number of nitrogens with one attached hydrogen (secondary N) is 1. The third-order valence-electron chi connectivity index (χ3n) is 3.99. The van der Waals surface area contributed by atoms with Crippen molar-refractivity contribution in [2.24, 2.45) is 0 Å². The highest BCUT2D eigenvalue weighted by molar-refractivity contribution is 7.99. The molecule has 0 aliphatic carbocycles. The van der Waals surface area contributed by atoms with Crippen LogP contribution in [0, 0.1) is 5.82 Å². The highest BCUT2D eigenvalue weighted by Gasteiger charge is 2.11.